The predicted molar refractivity (Wildman–Crippen MR) is 103 cm³/mol. The van der Waals surface area contributed by atoms with E-state index in [1.807, 2.05) is 23.1 Å². The monoisotopic (exact) mass is 356 g/mol. The molecule has 5 heteroatoms. The van der Waals surface area contributed by atoms with Crippen molar-refractivity contribution in [3.8, 4) is 0 Å². The second kappa shape index (κ2) is 6.73. The molecular formula is C19H20N2OS2. The minimum Gasteiger partial charge on any atom is -0.286 e. The number of thioether (sulfide) groups is 1. The van der Waals surface area contributed by atoms with Gasteiger partial charge in [-0.2, -0.15) is 0 Å². The molecule has 3 nitrogen and oxygen atoms in total. The van der Waals surface area contributed by atoms with Crippen molar-refractivity contribution >= 4 is 39.9 Å². The van der Waals surface area contributed by atoms with Crippen LogP contribution in [0, 0.1) is 6.92 Å². The number of amides is 1. The highest BCUT2D eigenvalue weighted by Crippen LogP contribution is 2.32. The lowest BCUT2D eigenvalue weighted by Crippen LogP contribution is -2.31. The molecule has 1 aromatic heterocycles. The maximum atomic E-state index is 13.0. The molecule has 4 rings (SSSR count). The Hall–Kier alpha value is -1.59. The van der Waals surface area contributed by atoms with E-state index in [2.05, 4.69) is 19.1 Å². The smallest absolute Gasteiger partial charge is 0.269 e. The molecular weight excluding hydrogens is 336 g/mol. The number of hydrogen-bond donors (Lipinski definition) is 0. The van der Waals surface area contributed by atoms with Crippen molar-refractivity contribution < 1.29 is 4.79 Å². The molecule has 0 spiro atoms. The third-order valence-corrected chi connectivity index (χ3v) is 6.74. The Morgan fingerprint density at radius 2 is 2.04 bits per heavy atom. The highest BCUT2D eigenvalue weighted by atomic mass is 32.2. The van der Waals surface area contributed by atoms with Crippen molar-refractivity contribution in [3.05, 3.63) is 51.2 Å². The summed E-state index contributed by atoms with van der Waals surface area (Å²) < 4.78 is 0. The number of nitrogens with zero attached hydrogens (tertiary/aromatic N) is 2. The number of aliphatic imine (C=N–C) groups is 1. The van der Waals surface area contributed by atoms with Gasteiger partial charge in [-0.25, -0.2) is 4.99 Å². The molecule has 2 aliphatic rings. The third kappa shape index (κ3) is 3.03. The molecule has 0 N–H and O–H groups in total. The van der Waals surface area contributed by atoms with E-state index < -0.39 is 0 Å². The molecule has 2 heterocycles. The zero-order chi connectivity index (χ0) is 16.5. The number of aryl methyl sites for hydroxylation is 3. The molecule has 1 saturated heterocycles. The number of para-hydroxylation sites is 1. The van der Waals surface area contributed by atoms with E-state index in [9.17, 15) is 4.79 Å². The first kappa shape index (κ1) is 15.9. The van der Waals surface area contributed by atoms with Gasteiger partial charge in [0.1, 0.15) is 0 Å². The number of thiophene rings is 1. The molecule has 0 bridgehead atoms. The fourth-order valence-corrected chi connectivity index (χ4v) is 5.36. The summed E-state index contributed by atoms with van der Waals surface area (Å²) in [4.78, 5) is 21.9. The summed E-state index contributed by atoms with van der Waals surface area (Å²) in [6.07, 6.45) is 4.75. The average Bonchev–Trinajstić information content (AvgIpc) is 3.23. The lowest BCUT2D eigenvalue weighted by Gasteiger charge is -2.15. The summed E-state index contributed by atoms with van der Waals surface area (Å²) in [6.45, 7) is 2.80. The largest absolute Gasteiger partial charge is 0.286 e. The van der Waals surface area contributed by atoms with Gasteiger partial charge >= 0.3 is 0 Å². The molecule has 1 aliphatic carbocycles. The van der Waals surface area contributed by atoms with Crippen molar-refractivity contribution in [1.29, 1.82) is 0 Å². The summed E-state index contributed by atoms with van der Waals surface area (Å²) in [7, 11) is 0. The fourth-order valence-electron chi connectivity index (χ4n) is 3.20. The van der Waals surface area contributed by atoms with Crippen LogP contribution in [0.4, 0.5) is 5.69 Å². The molecule has 0 atom stereocenters. The van der Waals surface area contributed by atoms with Crippen molar-refractivity contribution in [2.45, 2.75) is 32.6 Å². The van der Waals surface area contributed by atoms with Crippen molar-refractivity contribution in [2.75, 3.05) is 12.3 Å². The van der Waals surface area contributed by atoms with Gasteiger partial charge in [0.15, 0.2) is 5.17 Å². The van der Waals surface area contributed by atoms with Gasteiger partial charge in [0, 0.05) is 17.2 Å². The SMILES string of the molecule is Cc1ccccc1N=C1SCCN1C(=O)c1cc2c(s1)CCCC2. The van der Waals surface area contributed by atoms with Crippen LogP contribution in [0.25, 0.3) is 0 Å². The van der Waals surface area contributed by atoms with Gasteiger partial charge in [-0.15, -0.1) is 11.3 Å². The molecule has 2 aromatic rings. The van der Waals surface area contributed by atoms with E-state index >= 15 is 0 Å². The Bertz CT molecular complexity index is 786. The number of fused-ring (bicyclic) bond motifs is 1. The van der Waals surface area contributed by atoms with Crippen LogP contribution in [0.3, 0.4) is 0 Å². The maximum absolute atomic E-state index is 13.0. The molecule has 24 heavy (non-hydrogen) atoms. The predicted octanol–water partition coefficient (Wildman–Crippen LogP) is 4.81. The Kier molecular flexibility index (Phi) is 4.46. The second-order valence-corrected chi connectivity index (χ2v) is 8.45. The Morgan fingerprint density at radius 3 is 2.88 bits per heavy atom. The minimum atomic E-state index is 0.117. The van der Waals surface area contributed by atoms with Gasteiger partial charge in [0.05, 0.1) is 10.6 Å². The molecule has 0 saturated carbocycles. The van der Waals surface area contributed by atoms with Gasteiger partial charge in [-0.3, -0.25) is 9.69 Å². The van der Waals surface area contributed by atoms with Crippen molar-refractivity contribution in [1.82, 2.24) is 4.90 Å². The van der Waals surface area contributed by atoms with Gasteiger partial charge in [0.25, 0.3) is 5.91 Å². The summed E-state index contributed by atoms with van der Waals surface area (Å²) in [5, 5.41) is 0.834. The zero-order valence-electron chi connectivity index (χ0n) is 13.7. The van der Waals surface area contributed by atoms with E-state index in [1.165, 1.54) is 23.3 Å². The molecule has 1 amide bonds. The Morgan fingerprint density at radius 1 is 1.21 bits per heavy atom. The van der Waals surface area contributed by atoms with E-state index in [1.54, 1.807) is 23.1 Å². The van der Waals surface area contributed by atoms with Crippen LogP contribution in [-0.2, 0) is 12.8 Å². The molecule has 0 radical (unpaired) electrons. The molecule has 1 fully saturated rings. The maximum Gasteiger partial charge on any atom is 0.269 e. The summed E-state index contributed by atoms with van der Waals surface area (Å²) >= 11 is 3.36. The first-order valence-electron chi connectivity index (χ1n) is 8.43. The van der Waals surface area contributed by atoms with Crippen molar-refractivity contribution in [2.24, 2.45) is 4.99 Å². The number of benzene rings is 1. The van der Waals surface area contributed by atoms with E-state index in [0.717, 1.165) is 46.4 Å². The summed E-state index contributed by atoms with van der Waals surface area (Å²) in [6, 6.07) is 10.2. The molecule has 124 valence electrons. The van der Waals surface area contributed by atoms with E-state index in [0.29, 0.717) is 0 Å². The molecule has 1 aromatic carbocycles. The van der Waals surface area contributed by atoms with Gasteiger partial charge in [0.2, 0.25) is 0 Å². The second-order valence-electron chi connectivity index (χ2n) is 6.25. The van der Waals surface area contributed by atoms with Crippen LogP contribution < -0.4 is 0 Å². The van der Waals surface area contributed by atoms with Crippen molar-refractivity contribution in [3.63, 3.8) is 0 Å². The standard InChI is InChI=1S/C19H20N2OS2/c1-13-6-2-4-8-15(13)20-19-21(10-11-23-19)18(22)17-12-14-7-3-5-9-16(14)24-17/h2,4,6,8,12H,3,5,7,9-11H2,1H3. The quantitative estimate of drug-likeness (QED) is 0.773. The summed E-state index contributed by atoms with van der Waals surface area (Å²) in [5.41, 5.74) is 3.47. The number of carbonyl (C=O) groups is 1. The van der Waals surface area contributed by atoms with Crippen LogP contribution >= 0.6 is 23.1 Å². The third-order valence-electron chi connectivity index (χ3n) is 4.56. The van der Waals surface area contributed by atoms with Gasteiger partial charge in [-0.05, 0) is 55.9 Å². The summed E-state index contributed by atoms with van der Waals surface area (Å²) in [5.74, 6) is 1.04. The average molecular weight is 357 g/mol. The van der Waals surface area contributed by atoms with Crippen LogP contribution in [0.5, 0.6) is 0 Å². The van der Waals surface area contributed by atoms with Gasteiger partial charge in [-0.1, -0.05) is 30.0 Å². The normalized spacial score (nSPS) is 18.9. The zero-order valence-corrected chi connectivity index (χ0v) is 15.4. The lowest BCUT2D eigenvalue weighted by atomic mass is 9.99. The topological polar surface area (TPSA) is 32.7 Å². The van der Waals surface area contributed by atoms with E-state index in [4.69, 9.17) is 4.99 Å². The number of rotatable bonds is 2. The number of carbonyl (C=O) groups excluding carboxylic acids is 1. The van der Waals surface area contributed by atoms with Crippen LogP contribution in [0.2, 0.25) is 0 Å². The number of amidine groups is 1. The van der Waals surface area contributed by atoms with Crippen LogP contribution in [-0.4, -0.2) is 28.3 Å². The highest BCUT2D eigenvalue weighted by molar-refractivity contribution is 8.14. The fraction of sp³-hybridized carbons (Fsp3) is 0.368. The Labute approximate surface area is 150 Å². The van der Waals surface area contributed by atoms with Crippen LogP contribution in [0.15, 0.2) is 35.3 Å². The van der Waals surface area contributed by atoms with Crippen LogP contribution in [0.1, 0.15) is 38.5 Å². The van der Waals surface area contributed by atoms with E-state index in [-0.39, 0.29) is 5.91 Å². The highest BCUT2D eigenvalue weighted by Gasteiger charge is 2.29. The van der Waals surface area contributed by atoms with Gasteiger partial charge < -0.3 is 0 Å². The molecule has 1 aliphatic heterocycles. The molecule has 0 unspecified atom stereocenters. The minimum absolute atomic E-state index is 0.117. The lowest BCUT2D eigenvalue weighted by molar-refractivity contribution is 0.0864. The first-order chi connectivity index (χ1) is 11.7. The Balaban J connectivity index is 1.61. The number of hydrogen-bond acceptors (Lipinski definition) is 4. The first-order valence-corrected chi connectivity index (χ1v) is 10.2.